The van der Waals surface area contributed by atoms with E-state index in [2.05, 4.69) is 9.71 Å². The summed E-state index contributed by atoms with van der Waals surface area (Å²) in [6, 6.07) is 7.34. The van der Waals surface area contributed by atoms with E-state index in [1.807, 2.05) is 0 Å². The van der Waals surface area contributed by atoms with Crippen molar-refractivity contribution in [2.45, 2.75) is 18.7 Å². The van der Waals surface area contributed by atoms with Gasteiger partial charge in [-0.25, -0.2) is 13.4 Å². The van der Waals surface area contributed by atoms with Gasteiger partial charge in [-0.3, -0.25) is 9.52 Å². The Morgan fingerprint density at radius 1 is 1.19 bits per heavy atom. The minimum atomic E-state index is -3.79. The van der Waals surface area contributed by atoms with Crippen molar-refractivity contribution in [1.82, 2.24) is 4.98 Å². The Hall–Kier alpha value is -1.92. The topological polar surface area (TPSA) is 76.1 Å². The predicted octanol–water partition coefficient (Wildman–Crippen LogP) is 3.05. The number of rotatable bonds is 4. The molecular formula is C14H13ClN2O3S. The van der Waals surface area contributed by atoms with Crippen molar-refractivity contribution in [3.05, 3.63) is 52.8 Å². The molecule has 1 heterocycles. The number of sulfonamides is 1. The van der Waals surface area contributed by atoms with Crippen molar-refractivity contribution in [3.63, 3.8) is 0 Å². The molecule has 1 aromatic carbocycles. The second-order valence-corrected chi connectivity index (χ2v) is 6.52. The number of aryl methyl sites for hydroxylation is 1. The van der Waals surface area contributed by atoms with E-state index >= 15 is 0 Å². The van der Waals surface area contributed by atoms with Gasteiger partial charge in [0.15, 0.2) is 10.9 Å². The summed E-state index contributed by atoms with van der Waals surface area (Å²) in [6.45, 7) is 3.14. The highest BCUT2D eigenvalue weighted by Gasteiger charge is 2.17. The first-order valence-corrected chi connectivity index (χ1v) is 7.92. The van der Waals surface area contributed by atoms with Gasteiger partial charge in [0.2, 0.25) is 0 Å². The van der Waals surface area contributed by atoms with E-state index in [1.54, 1.807) is 13.0 Å². The number of carbonyl (C=O) groups is 1. The number of nitrogens with zero attached hydrogens (tertiary/aromatic N) is 1. The van der Waals surface area contributed by atoms with Crippen LogP contribution in [-0.2, 0) is 10.0 Å². The van der Waals surface area contributed by atoms with Crippen LogP contribution >= 0.6 is 11.6 Å². The van der Waals surface area contributed by atoms with Crippen LogP contribution in [0.3, 0.4) is 0 Å². The molecule has 0 radical (unpaired) electrons. The fraction of sp³-hybridized carbons (Fsp3) is 0.143. The number of carbonyl (C=O) groups excluding carboxylic acids is 1. The average molecular weight is 325 g/mol. The lowest BCUT2D eigenvalue weighted by Gasteiger charge is -2.11. The lowest BCUT2D eigenvalue weighted by molar-refractivity contribution is 0.101. The van der Waals surface area contributed by atoms with Gasteiger partial charge in [0.25, 0.3) is 10.0 Å². The fourth-order valence-corrected chi connectivity index (χ4v) is 3.16. The van der Waals surface area contributed by atoms with Crippen LogP contribution in [0, 0.1) is 6.92 Å². The number of benzene rings is 1. The number of hydrogen-bond acceptors (Lipinski definition) is 4. The summed E-state index contributed by atoms with van der Waals surface area (Å²) in [7, 11) is -3.79. The summed E-state index contributed by atoms with van der Waals surface area (Å²) in [5.41, 5.74) is 1.36. The maximum absolute atomic E-state index is 12.3. The van der Waals surface area contributed by atoms with Crippen LogP contribution in [-0.4, -0.2) is 19.2 Å². The lowest BCUT2D eigenvalue weighted by Crippen LogP contribution is -2.14. The molecular weight excluding hydrogens is 312 g/mol. The van der Waals surface area contributed by atoms with Gasteiger partial charge in [-0.15, -0.1) is 0 Å². The zero-order valence-corrected chi connectivity index (χ0v) is 13.0. The van der Waals surface area contributed by atoms with Gasteiger partial charge in [0.1, 0.15) is 0 Å². The van der Waals surface area contributed by atoms with Crippen molar-refractivity contribution >= 4 is 33.1 Å². The van der Waals surface area contributed by atoms with Crippen LogP contribution in [0.15, 0.2) is 41.4 Å². The quantitative estimate of drug-likeness (QED) is 0.692. The van der Waals surface area contributed by atoms with Gasteiger partial charge < -0.3 is 0 Å². The van der Waals surface area contributed by atoms with E-state index in [1.165, 1.54) is 37.4 Å². The van der Waals surface area contributed by atoms with Gasteiger partial charge in [0, 0.05) is 11.8 Å². The number of anilines is 1. The second kappa shape index (κ2) is 5.83. The Labute approximate surface area is 128 Å². The molecule has 7 heteroatoms. The molecule has 0 saturated carbocycles. The minimum Gasteiger partial charge on any atom is -0.295 e. The molecule has 1 aromatic heterocycles. The standard InChI is InChI=1S/C14H13ClN2O3S/c1-9-7-8-16-14(15)13(9)17-21(19,20)12-5-3-11(4-6-12)10(2)18/h3-8,17H,1-2H3. The van der Waals surface area contributed by atoms with Gasteiger partial charge in [-0.1, -0.05) is 23.7 Å². The molecule has 0 unspecified atom stereocenters. The summed E-state index contributed by atoms with van der Waals surface area (Å²) in [5.74, 6) is -0.127. The number of aromatic nitrogens is 1. The third kappa shape index (κ3) is 3.40. The van der Waals surface area contributed by atoms with Crippen molar-refractivity contribution in [2.24, 2.45) is 0 Å². The predicted molar refractivity (Wildman–Crippen MR) is 81.2 cm³/mol. The van der Waals surface area contributed by atoms with Crippen LogP contribution in [0.5, 0.6) is 0 Å². The molecule has 0 spiro atoms. The van der Waals surface area contributed by atoms with E-state index in [0.717, 1.165) is 0 Å². The molecule has 2 aromatic rings. The zero-order valence-electron chi connectivity index (χ0n) is 11.4. The summed E-state index contributed by atoms with van der Waals surface area (Å²) in [4.78, 5) is 15.1. The lowest BCUT2D eigenvalue weighted by atomic mass is 10.2. The Morgan fingerprint density at radius 3 is 2.33 bits per heavy atom. The van der Waals surface area contributed by atoms with Crippen molar-refractivity contribution in [2.75, 3.05) is 4.72 Å². The second-order valence-electron chi connectivity index (χ2n) is 4.48. The molecule has 0 atom stereocenters. The number of Topliss-reactive ketones (excluding diaryl/α,β-unsaturated/α-hetero) is 1. The Kier molecular flexibility index (Phi) is 4.29. The first-order chi connectivity index (χ1) is 9.81. The Morgan fingerprint density at radius 2 is 1.81 bits per heavy atom. The van der Waals surface area contributed by atoms with Gasteiger partial charge in [0.05, 0.1) is 10.6 Å². The molecule has 2 rings (SSSR count). The molecule has 0 fully saturated rings. The van der Waals surface area contributed by atoms with Gasteiger partial charge in [-0.2, -0.15) is 0 Å². The summed E-state index contributed by atoms with van der Waals surface area (Å²) < 4.78 is 27.0. The van der Waals surface area contributed by atoms with Crippen molar-refractivity contribution < 1.29 is 13.2 Å². The third-order valence-corrected chi connectivity index (χ3v) is 4.57. The highest BCUT2D eigenvalue weighted by Crippen LogP contribution is 2.26. The average Bonchev–Trinajstić information content (AvgIpc) is 2.43. The molecule has 0 aliphatic heterocycles. The van der Waals surface area contributed by atoms with Crippen molar-refractivity contribution in [3.8, 4) is 0 Å². The molecule has 5 nitrogen and oxygen atoms in total. The van der Waals surface area contributed by atoms with Gasteiger partial charge >= 0.3 is 0 Å². The largest absolute Gasteiger partial charge is 0.295 e. The molecule has 110 valence electrons. The first-order valence-electron chi connectivity index (χ1n) is 6.06. The number of hydrogen-bond donors (Lipinski definition) is 1. The summed E-state index contributed by atoms with van der Waals surface area (Å²) >= 11 is 5.91. The fourth-order valence-electron chi connectivity index (χ4n) is 1.71. The summed E-state index contributed by atoms with van der Waals surface area (Å²) in [5, 5.41) is 0.0823. The van der Waals surface area contributed by atoms with Crippen LogP contribution in [0.25, 0.3) is 0 Å². The van der Waals surface area contributed by atoms with E-state index in [0.29, 0.717) is 11.1 Å². The monoisotopic (exact) mass is 324 g/mol. The summed E-state index contributed by atoms with van der Waals surface area (Å²) in [6.07, 6.45) is 1.50. The van der Waals surface area contributed by atoms with Crippen LogP contribution in [0.1, 0.15) is 22.8 Å². The maximum atomic E-state index is 12.3. The molecule has 21 heavy (non-hydrogen) atoms. The molecule has 0 saturated heterocycles. The highest BCUT2D eigenvalue weighted by atomic mass is 35.5. The number of ketones is 1. The van der Waals surface area contributed by atoms with E-state index in [-0.39, 0.29) is 21.5 Å². The molecule has 0 aliphatic rings. The maximum Gasteiger partial charge on any atom is 0.262 e. The van der Waals surface area contributed by atoms with Crippen LogP contribution < -0.4 is 4.72 Å². The smallest absolute Gasteiger partial charge is 0.262 e. The SMILES string of the molecule is CC(=O)c1ccc(S(=O)(=O)Nc2c(C)ccnc2Cl)cc1. The zero-order chi connectivity index (χ0) is 15.6. The van der Waals surface area contributed by atoms with E-state index < -0.39 is 10.0 Å². The highest BCUT2D eigenvalue weighted by molar-refractivity contribution is 7.92. The molecule has 0 amide bonds. The molecule has 0 bridgehead atoms. The first kappa shape index (κ1) is 15.5. The normalized spacial score (nSPS) is 11.2. The number of halogens is 1. The van der Waals surface area contributed by atoms with Crippen molar-refractivity contribution in [1.29, 1.82) is 0 Å². The Balaban J connectivity index is 2.36. The van der Waals surface area contributed by atoms with E-state index in [9.17, 15) is 13.2 Å². The minimum absolute atomic E-state index is 0.0480. The Bertz CT molecular complexity index is 766. The van der Waals surface area contributed by atoms with Crippen LogP contribution in [0.4, 0.5) is 5.69 Å². The van der Waals surface area contributed by atoms with E-state index in [4.69, 9.17) is 11.6 Å². The third-order valence-electron chi connectivity index (χ3n) is 2.92. The number of nitrogens with one attached hydrogen (secondary N) is 1. The molecule has 0 aliphatic carbocycles. The van der Waals surface area contributed by atoms with Crippen LogP contribution in [0.2, 0.25) is 5.15 Å². The number of pyridine rings is 1. The molecule has 1 N–H and O–H groups in total. The van der Waals surface area contributed by atoms with Gasteiger partial charge in [-0.05, 0) is 37.6 Å².